The summed E-state index contributed by atoms with van der Waals surface area (Å²) in [6.07, 6.45) is 5.51. The highest BCUT2D eigenvalue weighted by Crippen LogP contribution is 2.41. The van der Waals surface area contributed by atoms with Gasteiger partial charge in [0.25, 0.3) is 0 Å². The lowest BCUT2D eigenvalue weighted by Crippen LogP contribution is -2.54. The van der Waals surface area contributed by atoms with Gasteiger partial charge in [0.2, 0.25) is 0 Å². The molecule has 1 heterocycles. The van der Waals surface area contributed by atoms with E-state index in [1.807, 2.05) is 0 Å². The van der Waals surface area contributed by atoms with E-state index < -0.39 is 5.60 Å². The van der Waals surface area contributed by atoms with Crippen LogP contribution >= 0.6 is 0 Å². The number of rotatable bonds is 3. The summed E-state index contributed by atoms with van der Waals surface area (Å²) >= 11 is 0. The summed E-state index contributed by atoms with van der Waals surface area (Å²) < 4.78 is 0. The van der Waals surface area contributed by atoms with Crippen molar-refractivity contribution in [1.82, 2.24) is 4.90 Å². The lowest BCUT2D eigenvalue weighted by atomic mass is 9.71. The van der Waals surface area contributed by atoms with E-state index in [1.54, 1.807) is 0 Å². The minimum absolute atomic E-state index is 0.289. The van der Waals surface area contributed by atoms with Crippen molar-refractivity contribution in [2.45, 2.75) is 50.7 Å². The highest BCUT2D eigenvalue weighted by atomic mass is 16.3. The van der Waals surface area contributed by atoms with E-state index in [1.165, 1.54) is 24.0 Å². The standard InChI is InChI=1S/C18H28N2O/c1-14-5-7-15(8-6-14)17(12-19)20-11-10-18(21)9-3-2-4-16(18)13-20/h5-8,16-17,21H,2-4,9-13,19H2,1H3. The Bertz CT molecular complexity index is 473. The van der Waals surface area contributed by atoms with Gasteiger partial charge in [-0.15, -0.1) is 0 Å². The van der Waals surface area contributed by atoms with E-state index in [2.05, 4.69) is 36.1 Å². The molecule has 0 aromatic heterocycles. The minimum Gasteiger partial charge on any atom is -0.390 e. The second-order valence-corrected chi connectivity index (χ2v) is 6.95. The second kappa shape index (κ2) is 6.07. The van der Waals surface area contributed by atoms with Crippen LogP contribution in [0.15, 0.2) is 24.3 Å². The number of benzene rings is 1. The number of piperidine rings is 1. The molecule has 1 aliphatic carbocycles. The molecule has 1 saturated heterocycles. The van der Waals surface area contributed by atoms with Crippen LogP contribution in [-0.2, 0) is 0 Å². The van der Waals surface area contributed by atoms with Crippen molar-refractivity contribution in [1.29, 1.82) is 0 Å². The van der Waals surface area contributed by atoms with Gasteiger partial charge in [-0.25, -0.2) is 0 Å². The van der Waals surface area contributed by atoms with Crippen LogP contribution in [0, 0.1) is 12.8 Å². The van der Waals surface area contributed by atoms with Crippen molar-refractivity contribution in [3.8, 4) is 0 Å². The van der Waals surface area contributed by atoms with Crippen molar-refractivity contribution in [2.24, 2.45) is 11.7 Å². The first-order valence-corrected chi connectivity index (χ1v) is 8.35. The van der Waals surface area contributed by atoms with Crippen molar-refractivity contribution in [3.63, 3.8) is 0 Å². The van der Waals surface area contributed by atoms with E-state index in [0.717, 1.165) is 32.4 Å². The second-order valence-electron chi connectivity index (χ2n) is 6.95. The van der Waals surface area contributed by atoms with Gasteiger partial charge in [-0.3, -0.25) is 4.90 Å². The molecule has 1 saturated carbocycles. The molecule has 2 fully saturated rings. The molecule has 1 aromatic carbocycles. The summed E-state index contributed by atoms with van der Waals surface area (Å²) in [6.45, 7) is 4.72. The fraction of sp³-hybridized carbons (Fsp3) is 0.667. The molecule has 116 valence electrons. The lowest BCUT2D eigenvalue weighted by Gasteiger charge is -2.49. The molecule has 21 heavy (non-hydrogen) atoms. The van der Waals surface area contributed by atoms with E-state index in [0.29, 0.717) is 12.5 Å². The number of aryl methyl sites for hydroxylation is 1. The minimum atomic E-state index is -0.402. The van der Waals surface area contributed by atoms with Gasteiger partial charge < -0.3 is 10.8 Å². The molecule has 3 unspecified atom stereocenters. The van der Waals surface area contributed by atoms with Crippen LogP contribution in [0.2, 0.25) is 0 Å². The van der Waals surface area contributed by atoms with Gasteiger partial charge in [0.05, 0.1) is 5.60 Å². The third-order valence-corrected chi connectivity index (χ3v) is 5.59. The highest BCUT2D eigenvalue weighted by Gasteiger charge is 2.43. The first-order chi connectivity index (χ1) is 10.1. The van der Waals surface area contributed by atoms with E-state index >= 15 is 0 Å². The third-order valence-electron chi connectivity index (χ3n) is 5.59. The van der Waals surface area contributed by atoms with Crippen LogP contribution in [0.5, 0.6) is 0 Å². The van der Waals surface area contributed by atoms with Crippen LogP contribution in [0.25, 0.3) is 0 Å². The Labute approximate surface area is 128 Å². The molecule has 3 nitrogen and oxygen atoms in total. The molecule has 0 amide bonds. The van der Waals surface area contributed by atoms with Crippen LogP contribution in [0.3, 0.4) is 0 Å². The Morgan fingerprint density at radius 2 is 2.05 bits per heavy atom. The van der Waals surface area contributed by atoms with Gasteiger partial charge in [-0.05, 0) is 31.7 Å². The van der Waals surface area contributed by atoms with Crippen LogP contribution in [0.4, 0.5) is 0 Å². The van der Waals surface area contributed by atoms with Gasteiger partial charge in [0.15, 0.2) is 0 Å². The fourth-order valence-electron chi connectivity index (χ4n) is 4.16. The fourth-order valence-corrected chi connectivity index (χ4v) is 4.16. The number of aliphatic hydroxyl groups is 1. The van der Waals surface area contributed by atoms with Gasteiger partial charge in [-0.2, -0.15) is 0 Å². The summed E-state index contributed by atoms with van der Waals surface area (Å²) in [7, 11) is 0. The molecule has 3 heteroatoms. The molecule has 1 aliphatic heterocycles. The Hall–Kier alpha value is -0.900. The predicted molar refractivity (Wildman–Crippen MR) is 86.1 cm³/mol. The monoisotopic (exact) mass is 288 g/mol. The van der Waals surface area contributed by atoms with Crippen molar-refractivity contribution >= 4 is 0 Å². The van der Waals surface area contributed by atoms with E-state index in [-0.39, 0.29) is 6.04 Å². The molecule has 0 spiro atoms. The zero-order valence-electron chi connectivity index (χ0n) is 13.1. The van der Waals surface area contributed by atoms with E-state index in [9.17, 15) is 5.11 Å². The number of fused-ring (bicyclic) bond motifs is 1. The maximum atomic E-state index is 10.8. The zero-order chi connectivity index (χ0) is 14.9. The number of hydrogen-bond acceptors (Lipinski definition) is 3. The summed E-state index contributed by atoms with van der Waals surface area (Å²) in [4.78, 5) is 2.50. The Morgan fingerprint density at radius 3 is 2.76 bits per heavy atom. The molecule has 2 aliphatic rings. The quantitative estimate of drug-likeness (QED) is 0.899. The van der Waals surface area contributed by atoms with Gasteiger partial charge in [-0.1, -0.05) is 42.7 Å². The van der Waals surface area contributed by atoms with Crippen LogP contribution in [-0.4, -0.2) is 35.2 Å². The molecule has 3 atom stereocenters. The largest absolute Gasteiger partial charge is 0.390 e. The smallest absolute Gasteiger partial charge is 0.0700 e. The Kier molecular flexibility index (Phi) is 4.34. The lowest BCUT2D eigenvalue weighted by molar-refractivity contribution is -0.102. The maximum absolute atomic E-state index is 10.8. The van der Waals surface area contributed by atoms with Gasteiger partial charge in [0.1, 0.15) is 0 Å². The molecule has 0 radical (unpaired) electrons. The third kappa shape index (κ3) is 3.01. The van der Waals surface area contributed by atoms with E-state index in [4.69, 9.17) is 5.73 Å². The van der Waals surface area contributed by atoms with Crippen LogP contribution in [0.1, 0.15) is 49.3 Å². The zero-order valence-corrected chi connectivity index (χ0v) is 13.1. The van der Waals surface area contributed by atoms with Crippen molar-refractivity contribution < 1.29 is 5.11 Å². The molecule has 3 rings (SSSR count). The van der Waals surface area contributed by atoms with Crippen molar-refractivity contribution in [3.05, 3.63) is 35.4 Å². The average Bonchev–Trinajstić information content (AvgIpc) is 2.50. The molecule has 1 aromatic rings. The molecular weight excluding hydrogens is 260 g/mol. The van der Waals surface area contributed by atoms with Crippen LogP contribution < -0.4 is 5.73 Å². The SMILES string of the molecule is Cc1ccc(C(CN)N2CCC3(O)CCCCC3C2)cc1. The summed E-state index contributed by atoms with van der Waals surface area (Å²) in [5.41, 5.74) is 8.27. The molecule has 3 N–H and O–H groups in total. The number of nitrogens with two attached hydrogens (primary N) is 1. The number of likely N-dealkylation sites (tertiary alicyclic amines) is 1. The first-order valence-electron chi connectivity index (χ1n) is 8.35. The topological polar surface area (TPSA) is 49.5 Å². The van der Waals surface area contributed by atoms with Gasteiger partial charge >= 0.3 is 0 Å². The maximum Gasteiger partial charge on any atom is 0.0700 e. The number of nitrogens with zero attached hydrogens (tertiary/aromatic N) is 1. The summed E-state index contributed by atoms with van der Waals surface area (Å²) in [5, 5.41) is 10.8. The summed E-state index contributed by atoms with van der Waals surface area (Å²) in [5.74, 6) is 0.430. The molecule has 0 bridgehead atoms. The Balaban J connectivity index is 1.75. The average molecular weight is 288 g/mol. The number of hydrogen-bond donors (Lipinski definition) is 2. The van der Waals surface area contributed by atoms with Gasteiger partial charge in [0, 0.05) is 31.6 Å². The Morgan fingerprint density at radius 1 is 1.29 bits per heavy atom. The first kappa shape index (κ1) is 15.0. The predicted octanol–water partition coefficient (Wildman–Crippen LogP) is 2.62. The highest BCUT2D eigenvalue weighted by molar-refractivity contribution is 5.24. The van der Waals surface area contributed by atoms with Crippen molar-refractivity contribution in [2.75, 3.05) is 19.6 Å². The normalized spacial score (nSPS) is 31.7. The molecular formula is C18H28N2O. The summed E-state index contributed by atoms with van der Waals surface area (Å²) in [6, 6.07) is 9.03.